The van der Waals surface area contributed by atoms with Gasteiger partial charge in [-0.25, -0.2) is 0 Å². The van der Waals surface area contributed by atoms with Crippen LogP contribution in [0, 0.1) is 50.2 Å². The maximum absolute atomic E-state index is 12.8. The minimum Gasteiger partial charge on any atom is -0.481 e. The molecule has 0 bridgehead atoms. The molecule has 0 aromatic carbocycles. The molecule has 5 rings (SSSR count). The van der Waals surface area contributed by atoms with E-state index in [9.17, 15) is 25.2 Å². The van der Waals surface area contributed by atoms with Gasteiger partial charge in [0.15, 0.2) is 0 Å². The van der Waals surface area contributed by atoms with E-state index < -0.39 is 22.9 Å². The number of hydrogen-bond donors (Lipinski definition) is 4. The lowest BCUT2D eigenvalue weighted by atomic mass is 9.33. The van der Waals surface area contributed by atoms with Crippen molar-refractivity contribution in [2.45, 2.75) is 105 Å². The van der Waals surface area contributed by atoms with Gasteiger partial charge in [-0.1, -0.05) is 46.3 Å². The maximum atomic E-state index is 12.8. The lowest BCUT2D eigenvalue weighted by molar-refractivity contribution is -0.216. The highest BCUT2D eigenvalue weighted by Crippen LogP contribution is 2.75. The largest absolute Gasteiger partial charge is 0.481 e. The van der Waals surface area contributed by atoms with Gasteiger partial charge >= 0.3 is 5.97 Å². The van der Waals surface area contributed by atoms with E-state index in [-0.39, 0.29) is 46.7 Å². The summed E-state index contributed by atoms with van der Waals surface area (Å²) in [4.78, 5) is 12.8. The first kappa shape index (κ1) is 25.7. The second-order valence-corrected chi connectivity index (χ2v) is 14.7. The number of fused-ring (bicyclic) bond motifs is 7. The number of allylic oxidation sites excluding steroid dienone is 2. The topological polar surface area (TPSA) is 98.0 Å². The van der Waals surface area contributed by atoms with E-state index in [1.165, 1.54) is 5.57 Å². The van der Waals surface area contributed by atoms with Crippen LogP contribution in [0.4, 0.5) is 0 Å². The first-order valence-electron chi connectivity index (χ1n) is 14.1. The molecule has 0 saturated heterocycles. The van der Waals surface area contributed by atoms with E-state index in [0.717, 1.165) is 57.8 Å². The SMILES string of the molecule is C[C@@]1(CO)CC[C@]2(C(=O)O)CC[C@]3(C)C(=CC[C@@H]4[C@@]5(C)CC[C@H](O)[C@@](C)(CO)[C@@H]5CC[C@]43C)[C@@H]2C1. The van der Waals surface area contributed by atoms with Gasteiger partial charge in [-0.15, -0.1) is 0 Å². The normalized spacial score (nSPS) is 55.6. The Bertz CT molecular complexity index is 930. The van der Waals surface area contributed by atoms with Crippen LogP contribution in [0.25, 0.3) is 0 Å². The number of aliphatic hydroxyl groups excluding tert-OH is 3. The molecular weight excluding hydrogens is 440 g/mol. The number of aliphatic carboxylic acids is 1. The summed E-state index contributed by atoms with van der Waals surface area (Å²) in [6.07, 6.45) is 10.5. The van der Waals surface area contributed by atoms with E-state index in [4.69, 9.17) is 0 Å². The molecule has 0 unspecified atom stereocenters. The molecule has 5 aliphatic carbocycles. The summed E-state index contributed by atoms with van der Waals surface area (Å²) in [5.74, 6) is 0.0812. The van der Waals surface area contributed by atoms with Crippen molar-refractivity contribution in [3.05, 3.63) is 11.6 Å². The third-order valence-electron chi connectivity index (χ3n) is 13.4. The third kappa shape index (κ3) is 3.07. The molecule has 35 heavy (non-hydrogen) atoms. The third-order valence-corrected chi connectivity index (χ3v) is 13.4. The van der Waals surface area contributed by atoms with Gasteiger partial charge in [0.2, 0.25) is 0 Å². The monoisotopic (exact) mass is 488 g/mol. The average molecular weight is 489 g/mol. The van der Waals surface area contributed by atoms with Gasteiger partial charge in [-0.2, -0.15) is 0 Å². The van der Waals surface area contributed by atoms with Gasteiger partial charge in [0, 0.05) is 12.0 Å². The minimum absolute atomic E-state index is 0.0103. The number of hydrogen-bond acceptors (Lipinski definition) is 4. The van der Waals surface area contributed by atoms with Gasteiger partial charge in [-0.05, 0) is 104 Å². The molecule has 5 aliphatic rings. The van der Waals surface area contributed by atoms with Crippen molar-refractivity contribution in [1.82, 2.24) is 0 Å². The summed E-state index contributed by atoms with van der Waals surface area (Å²) >= 11 is 0. The summed E-state index contributed by atoms with van der Waals surface area (Å²) in [7, 11) is 0. The number of rotatable bonds is 3. The molecule has 4 N–H and O–H groups in total. The number of carboxylic acids is 1. The van der Waals surface area contributed by atoms with E-state index in [1.54, 1.807) is 0 Å². The predicted octanol–water partition coefficient (Wildman–Crippen LogP) is 5.18. The molecule has 0 heterocycles. The Hall–Kier alpha value is -0.910. The second kappa shape index (κ2) is 7.80. The molecule has 0 aromatic rings. The van der Waals surface area contributed by atoms with Crippen LogP contribution in [0.5, 0.6) is 0 Å². The zero-order valence-corrected chi connectivity index (χ0v) is 22.6. The molecule has 0 spiro atoms. The van der Waals surface area contributed by atoms with E-state index >= 15 is 0 Å². The molecule has 5 nitrogen and oxygen atoms in total. The molecule has 0 amide bonds. The molecule has 198 valence electrons. The summed E-state index contributed by atoms with van der Waals surface area (Å²) in [6, 6.07) is 0. The van der Waals surface area contributed by atoms with Gasteiger partial charge < -0.3 is 20.4 Å². The first-order valence-corrected chi connectivity index (χ1v) is 14.1. The molecule has 5 heteroatoms. The Labute approximate surface area is 211 Å². The number of aliphatic hydroxyl groups is 3. The second-order valence-electron chi connectivity index (χ2n) is 14.7. The molecule has 10 atom stereocenters. The fraction of sp³-hybridized carbons (Fsp3) is 0.900. The first-order chi connectivity index (χ1) is 16.3. The summed E-state index contributed by atoms with van der Waals surface area (Å²) in [5.41, 5.74) is 0.0261. The zero-order chi connectivity index (χ0) is 25.7. The quantitative estimate of drug-likeness (QED) is 0.411. The Kier molecular flexibility index (Phi) is 5.73. The fourth-order valence-electron chi connectivity index (χ4n) is 10.7. The maximum Gasteiger partial charge on any atom is 0.310 e. The summed E-state index contributed by atoms with van der Waals surface area (Å²) in [6.45, 7) is 11.7. The summed E-state index contributed by atoms with van der Waals surface area (Å²) < 4.78 is 0. The van der Waals surface area contributed by atoms with Crippen molar-refractivity contribution in [3.8, 4) is 0 Å². The summed E-state index contributed by atoms with van der Waals surface area (Å²) in [5, 5.41) is 42.0. The smallest absolute Gasteiger partial charge is 0.310 e. The Morgan fingerprint density at radius 1 is 0.914 bits per heavy atom. The van der Waals surface area contributed by atoms with E-state index in [1.807, 2.05) is 0 Å². The highest BCUT2D eigenvalue weighted by atomic mass is 16.4. The van der Waals surface area contributed by atoms with Crippen molar-refractivity contribution in [2.24, 2.45) is 50.2 Å². The minimum atomic E-state index is -0.700. The van der Waals surface area contributed by atoms with E-state index in [2.05, 4.69) is 40.7 Å². The van der Waals surface area contributed by atoms with Crippen molar-refractivity contribution in [2.75, 3.05) is 13.2 Å². The Morgan fingerprint density at radius 3 is 2.23 bits per heavy atom. The van der Waals surface area contributed by atoms with Crippen molar-refractivity contribution >= 4 is 5.97 Å². The van der Waals surface area contributed by atoms with Gasteiger partial charge in [0.25, 0.3) is 0 Å². The Morgan fingerprint density at radius 2 is 1.60 bits per heavy atom. The van der Waals surface area contributed by atoms with Crippen LogP contribution in [-0.2, 0) is 4.79 Å². The lowest BCUT2D eigenvalue weighted by Crippen LogP contribution is -2.66. The van der Waals surface area contributed by atoms with Gasteiger partial charge in [-0.3, -0.25) is 4.79 Å². The van der Waals surface area contributed by atoms with Crippen LogP contribution in [0.15, 0.2) is 11.6 Å². The zero-order valence-electron chi connectivity index (χ0n) is 22.6. The van der Waals surface area contributed by atoms with Crippen LogP contribution in [0.3, 0.4) is 0 Å². The fourth-order valence-corrected chi connectivity index (χ4v) is 10.7. The number of carboxylic acid groups (broad SMARTS) is 1. The molecule has 0 aromatic heterocycles. The Balaban J connectivity index is 1.59. The molecule has 4 saturated carbocycles. The van der Waals surface area contributed by atoms with Crippen LogP contribution in [0.2, 0.25) is 0 Å². The average Bonchev–Trinajstić information content (AvgIpc) is 2.82. The van der Waals surface area contributed by atoms with Gasteiger partial charge in [0.05, 0.1) is 18.1 Å². The standard InChI is InChI=1S/C30H48O5/c1-25(17-31)12-14-30(24(34)35)15-13-28(4)19(20(30)16-25)6-7-22-26(2)10-9-23(33)27(3,18-32)21(26)8-11-29(22,28)5/h6,20-23,31-33H,7-18H2,1-5H3,(H,34,35)/t20-,21+,22+,23-,25+,26-,27-,28+,29+,30-/m0/s1. The van der Waals surface area contributed by atoms with Crippen LogP contribution >= 0.6 is 0 Å². The highest BCUT2D eigenvalue weighted by Gasteiger charge is 2.69. The highest BCUT2D eigenvalue weighted by molar-refractivity contribution is 5.76. The van der Waals surface area contributed by atoms with E-state index in [0.29, 0.717) is 12.3 Å². The van der Waals surface area contributed by atoms with Crippen molar-refractivity contribution in [1.29, 1.82) is 0 Å². The van der Waals surface area contributed by atoms with Crippen molar-refractivity contribution < 1.29 is 25.2 Å². The lowest BCUT2D eigenvalue weighted by Gasteiger charge is -2.71. The molecule has 0 radical (unpaired) electrons. The number of carbonyl (C=O) groups is 1. The van der Waals surface area contributed by atoms with Crippen LogP contribution in [0.1, 0.15) is 98.8 Å². The molecule has 4 fully saturated rings. The van der Waals surface area contributed by atoms with Crippen molar-refractivity contribution in [3.63, 3.8) is 0 Å². The van der Waals surface area contributed by atoms with Gasteiger partial charge in [0.1, 0.15) is 0 Å². The predicted molar refractivity (Wildman–Crippen MR) is 136 cm³/mol. The van der Waals surface area contributed by atoms with Crippen LogP contribution < -0.4 is 0 Å². The van der Waals surface area contributed by atoms with Crippen LogP contribution in [-0.4, -0.2) is 45.7 Å². The molecular formula is C30H48O5. The molecule has 0 aliphatic heterocycles.